The third-order valence-electron chi connectivity index (χ3n) is 3.84. The molecule has 0 aromatic carbocycles. The SMILES string of the molecule is CCC(C)(C)NCCNCCN1CCCCC1. The third kappa shape index (κ3) is 7.02. The quantitative estimate of drug-likeness (QED) is 0.635. The highest BCUT2D eigenvalue weighted by molar-refractivity contribution is 4.75. The number of nitrogens with one attached hydrogen (secondary N) is 2. The molecule has 0 aliphatic carbocycles. The van der Waals surface area contributed by atoms with E-state index < -0.39 is 0 Å². The molecule has 0 amide bonds. The van der Waals surface area contributed by atoms with Gasteiger partial charge in [-0.25, -0.2) is 0 Å². The molecule has 0 aromatic heterocycles. The molecule has 0 spiro atoms. The maximum absolute atomic E-state index is 3.57. The Hall–Kier alpha value is -0.120. The zero-order valence-electron chi connectivity index (χ0n) is 12.0. The molecular weight excluding hydrogens is 210 g/mol. The molecule has 0 saturated carbocycles. The van der Waals surface area contributed by atoms with Crippen LogP contribution in [-0.4, -0.2) is 49.7 Å². The second-order valence-corrected chi connectivity index (χ2v) is 5.82. The van der Waals surface area contributed by atoms with E-state index in [0.717, 1.165) is 19.6 Å². The maximum atomic E-state index is 3.57. The van der Waals surface area contributed by atoms with Gasteiger partial charge in [0.1, 0.15) is 0 Å². The fraction of sp³-hybridized carbons (Fsp3) is 1.00. The minimum absolute atomic E-state index is 0.286. The fourth-order valence-electron chi connectivity index (χ4n) is 2.16. The van der Waals surface area contributed by atoms with E-state index in [-0.39, 0.29) is 5.54 Å². The van der Waals surface area contributed by atoms with E-state index in [1.54, 1.807) is 0 Å². The summed E-state index contributed by atoms with van der Waals surface area (Å²) in [6, 6.07) is 0. The Morgan fingerprint density at radius 3 is 2.35 bits per heavy atom. The average molecular weight is 241 g/mol. The van der Waals surface area contributed by atoms with Crippen molar-refractivity contribution in [2.24, 2.45) is 0 Å². The molecule has 0 aromatic rings. The molecule has 1 rings (SSSR count). The second-order valence-electron chi connectivity index (χ2n) is 5.82. The first-order chi connectivity index (χ1) is 8.14. The first-order valence-corrected chi connectivity index (χ1v) is 7.32. The van der Waals surface area contributed by atoms with Crippen molar-refractivity contribution in [2.45, 2.75) is 52.0 Å². The van der Waals surface area contributed by atoms with Crippen LogP contribution in [0.4, 0.5) is 0 Å². The summed E-state index contributed by atoms with van der Waals surface area (Å²) in [5.74, 6) is 0. The molecule has 1 fully saturated rings. The van der Waals surface area contributed by atoms with E-state index in [0.29, 0.717) is 0 Å². The Balaban J connectivity index is 1.90. The molecule has 0 radical (unpaired) electrons. The van der Waals surface area contributed by atoms with E-state index in [9.17, 15) is 0 Å². The summed E-state index contributed by atoms with van der Waals surface area (Å²) < 4.78 is 0. The summed E-state index contributed by atoms with van der Waals surface area (Å²) in [6.07, 6.45) is 5.40. The lowest BCUT2D eigenvalue weighted by Gasteiger charge is -2.27. The standard InChI is InChI=1S/C14H31N3/c1-4-14(2,3)16-9-8-15-10-13-17-11-6-5-7-12-17/h15-16H,4-13H2,1-3H3. The Morgan fingerprint density at radius 2 is 1.71 bits per heavy atom. The molecule has 3 nitrogen and oxygen atoms in total. The van der Waals surface area contributed by atoms with Gasteiger partial charge in [0, 0.05) is 31.7 Å². The average Bonchev–Trinajstić information content (AvgIpc) is 2.35. The molecule has 0 bridgehead atoms. The van der Waals surface area contributed by atoms with Crippen LogP contribution >= 0.6 is 0 Å². The molecule has 0 atom stereocenters. The summed E-state index contributed by atoms with van der Waals surface area (Å²) in [4.78, 5) is 2.58. The van der Waals surface area contributed by atoms with Crippen molar-refractivity contribution in [3.05, 3.63) is 0 Å². The summed E-state index contributed by atoms with van der Waals surface area (Å²) >= 11 is 0. The smallest absolute Gasteiger partial charge is 0.0123 e. The van der Waals surface area contributed by atoms with Crippen molar-refractivity contribution >= 4 is 0 Å². The number of nitrogens with zero attached hydrogens (tertiary/aromatic N) is 1. The largest absolute Gasteiger partial charge is 0.314 e. The van der Waals surface area contributed by atoms with Crippen LogP contribution in [0.3, 0.4) is 0 Å². The van der Waals surface area contributed by atoms with Crippen molar-refractivity contribution in [1.29, 1.82) is 0 Å². The summed E-state index contributed by atoms with van der Waals surface area (Å²) in [5, 5.41) is 7.10. The molecule has 2 N–H and O–H groups in total. The normalized spacial score (nSPS) is 18.5. The van der Waals surface area contributed by atoms with Crippen molar-refractivity contribution in [3.8, 4) is 0 Å². The van der Waals surface area contributed by atoms with Crippen LogP contribution < -0.4 is 10.6 Å². The van der Waals surface area contributed by atoms with Gasteiger partial charge >= 0.3 is 0 Å². The van der Waals surface area contributed by atoms with Crippen molar-refractivity contribution < 1.29 is 0 Å². The van der Waals surface area contributed by atoms with Gasteiger partial charge in [-0.1, -0.05) is 13.3 Å². The minimum Gasteiger partial charge on any atom is -0.314 e. The van der Waals surface area contributed by atoms with Crippen LogP contribution in [-0.2, 0) is 0 Å². The van der Waals surface area contributed by atoms with Gasteiger partial charge in [0.15, 0.2) is 0 Å². The van der Waals surface area contributed by atoms with Crippen LogP contribution in [0.15, 0.2) is 0 Å². The first-order valence-electron chi connectivity index (χ1n) is 7.32. The predicted octanol–water partition coefficient (Wildman–Crippen LogP) is 1.84. The summed E-state index contributed by atoms with van der Waals surface area (Å²) in [6.45, 7) is 13.9. The van der Waals surface area contributed by atoms with Gasteiger partial charge in [-0.05, 0) is 46.2 Å². The first kappa shape index (κ1) is 14.9. The van der Waals surface area contributed by atoms with Crippen molar-refractivity contribution in [1.82, 2.24) is 15.5 Å². The molecule has 1 heterocycles. The molecule has 1 aliphatic heterocycles. The van der Waals surface area contributed by atoms with Gasteiger partial charge < -0.3 is 15.5 Å². The maximum Gasteiger partial charge on any atom is 0.0123 e. The molecule has 1 saturated heterocycles. The van der Waals surface area contributed by atoms with Gasteiger partial charge in [0.25, 0.3) is 0 Å². The number of hydrogen-bond donors (Lipinski definition) is 2. The lowest BCUT2D eigenvalue weighted by molar-refractivity contribution is 0.229. The summed E-state index contributed by atoms with van der Waals surface area (Å²) in [7, 11) is 0. The van der Waals surface area contributed by atoms with E-state index >= 15 is 0 Å². The van der Waals surface area contributed by atoms with Gasteiger partial charge in [0.05, 0.1) is 0 Å². The highest BCUT2D eigenvalue weighted by Gasteiger charge is 2.12. The highest BCUT2D eigenvalue weighted by atomic mass is 15.1. The van der Waals surface area contributed by atoms with Crippen LogP contribution in [0.1, 0.15) is 46.5 Å². The lowest BCUT2D eigenvalue weighted by atomic mass is 10.0. The van der Waals surface area contributed by atoms with Gasteiger partial charge in [-0.15, -0.1) is 0 Å². The van der Waals surface area contributed by atoms with Crippen LogP contribution in [0.25, 0.3) is 0 Å². The number of hydrogen-bond acceptors (Lipinski definition) is 3. The zero-order chi connectivity index (χ0) is 12.6. The minimum atomic E-state index is 0.286. The van der Waals surface area contributed by atoms with E-state index in [4.69, 9.17) is 0 Å². The predicted molar refractivity (Wildman–Crippen MR) is 75.5 cm³/mol. The molecule has 0 unspecified atom stereocenters. The topological polar surface area (TPSA) is 27.3 Å². The van der Waals surface area contributed by atoms with Crippen LogP contribution in [0.2, 0.25) is 0 Å². The Labute approximate surface area is 107 Å². The summed E-state index contributed by atoms with van der Waals surface area (Å²) in [5.41, 5.74) is 0.286. The van der Waals surface area contributed by atoms with Crippen molar-refractivity contribution in [3.63, 3.8) is 0 Å². The number of piperidine rings is 1. The molecule has 102 valence electrons. The molecule has 3 heteroatoms. The monoisotopic (exact) mass is 241 g/mol. The van der Waals surface area contributed by atoms with Crippen LogP contribution in [0, 0.1) is 0 Å². The second kappa shape index (κ2) is 8.06. The van der Waals surface area contributed by atoms with E-state index in [2.05, 4.69) is 36.3 Å². The van der Waals surface area contributed by atoms with Gasteiger partial charge in [0.2, 0.25) is 0 Å². The number of likely N-dealkylation sites (tertiary alicyclic amines) is 1. The van der Waals surface area contributed by atoms with Gasteiger partial charge in [-0.2, -0.15) is 0 Å². The zero-order valence-corrected chi connectivity index (χ0v) is 12.0. The van der Waals surface area contributed by atoms with E-state index in [1.807, 2.05) is 0 Å². The molecule has 17 heavy (non-hydrogen) atoms. The van der Waals surface area contributed by atoms with Crippen molar-refractivity contribution in [2.75, 3.05) is 39.3 Å². The van der Waals surface area contributed by atoms with E-state index in [1.165, 1.54) is 45.3 Å². The Morgan fingerprint density at radius 1 is 1.00 bits per heavy atom. The van der Waals surface area contributed by atoms with Crippen LogP contribution in [0.5, 0.6) is 0 Å². The molecular formula is C14H31N3. The lowest BCUT2D eigenvalue weighted by Crippen LogP contribution is -2.43. The molecule has 1 aliphatic rings. The third-order valence-corrected chi connectivity index (χ3v) is 3.84. The Kier molecular flexibility index (Phi) is 7.09. The number of rotatable bonds is 8. The van der Waals surface area contributed by atoms with Gasteiger partial charge in [-0.3, -0.25) is 0 Å². The highest BCUT2D eigenvalue weighted by Crippen LogP contribution is 2.07. The Bertz CT molecular complexity index is 186. The fourth-order valence-corrected chi connectivity index (χ4v) is 2.16.